The van der Waals surface area contributed by atoms with E-state index in [-0.39, 0.29) is 11.7 Å². The monoisotopic (exact) mass is 389 g/mol. The summed E-state index contributed by atoms with van der Waals surface area (Å²) >= 11 is 6.02. The smallest absolute Gasteiger partial charge is 0.249 e. The molecule has 27 heavy (non-hydrogen) atoms. The minimum absolute atomic E-state index is 0.227. The Kier molecular flexibility index (Phi) is 5.32. The maximum Gasteiger partial charge on any atom is 0.249 e. The number of carbonyl (C=O) groups is 1. The Hall–Kier alpha value is -2.67. The van der Waals surface area contributed by atoms with Gasteiger partial charge in [-0.25, -0.2) is 4.39 Å². The molecule has 0 aliphatic carbocycles. The fourth-order valence-corrected chi connectivity index (χ4v) is 3.08. The van der Waals surface area contributed by atoms with Crippen molar-refractivity contribution < 1.29 is 9.18 Å². The van der Waals surface area contributed by atoms with Crippen LogP contribution in [0.3, 0.4) is 0 Å². The van der Waals surface area contributed by atoms with Crippen molar-refractivity contribution in [3.63, 3.8) is 0 Å². The summed E-state index contributed by atoms with van der Waals surface area (Å²) in [5, 5.41) is 12.0. The third kappa shape index (κ3) is 3.73. The van der Waals surface area contributed by atoms with Gasteiger partial charge in [0.2, 0.25) is 5.91 Å². The van der Waals surface area contributed by atoms with Gasteiger partial charge in [-0.1, -0.05) is 29.8 Å². The normalized spacial score (nSPS) is 12.2. The summed E-state index contributed by atoms with van der Waals surface area (Å²) in [4.78, 5) is 12.7. The molecule has 0 saturated heterocycles. The first-order valence-electron chi connectivity index (χ1n) is 8.57. The lowest BCUT2D eigenvalue weighted by atomic mass is 10.2. The molecule has 1 N–H and O–H groups in total. The van der Waals surface area contributed by atoms with Gasteiger partial charge in [-0.15, -0.1) is 0 Å². The number of rotatable bonds is 5. The van der Waals surface area contributed by atoms with E-state index in [0.717, 1.165) is 11.4 Å². The molecule has 8 heteroatoms. The molecule has 0 aliphatic heterocycles. The molecule has 0 fully saturated rings. The van der Waals surface area contributed by atoms with E-state index in [0.29, 0.717) is 28.5 Å². The van der Waals surface area contributed by atoms with E-state index < -0.39 is 6.04 Å². The Bertz CT molecular complexity index is 994. The van der Waals surface area contributed by atoms with E-state index in [2.05, 4.69) is 15.5 Å². The number of benzene rings is 1. The second-order valence-electron chi connectivity index (χ2n) is 6.48. The van der Waals surface area contributed by atoms with E-state index in [9.17, 15) is 9.18 Å². The number of hydrogen-bond donors (Lipinski definition) is 1. The van der Waals surface area contributed by atoms with Crippen molar-refractivity contribution in [1.29, 1.82) is 0 Å². The first-order valence-corrected chi connectivity index (χ1v) is 8.95. The van der Waals surface area contributed by atoms with Crippen LogP contribution in [0.1, 0.15) is 35.6 Å². The molecule has 1 amide bonds. The molecule has 0 aliphatic rings. The molecule has 0 saturated carbocycles. The zero-order valence-corrected chi connectivity index (χ0v) is 16.4. The molecule has 142 valence electrons. The van der Waals surface area contributed by atoms with Crippen molar-refractivity contribution in [3.8, 4) is 0 Å². The molecule has 0 radical (unpaired) electrons. The molecule has 6 nitrogen and oxygen atoms in total. The van der Waals surface area contributed by atoms with Gasteiger partial charge >= 0.3 is 0 Å². The van der Waals surface area contributed by atoms with Gasteiger partial charge in [0.25, 0.3) is 0 Å². The van der Waals surface area contributed by atoms with Gasteiger partial charge in [-0.2, -0.15) is 10.2 Å². The SMILES string of the molecule is Cc1nn(Cc2ccccc2F)c(C)c1NC(=O)C(C)n1ncc(Cl)c1C. The van der Waals surface area contributed by atoms with Crippen molar-refractivity contribution in [2.75, 3.05) is 5.32 Å². The summed E-state index contributed by atoms with van der Waals surface area (Å²) in [6.07, 6.45) is 1.52. The Morgan fingerprint density at radius 3 is 2.59 bits per heavy atom. The number of nitrogens with zero attached hydrogens (tertiary/aromatic N) is 4. The van der Waals surface area contributed by atoms with Gasteiger partial charge in [-0.05, 0) is 33.8 Å². The lowest BCUT2D eigenvalue weighted by Crippen LogP contribution is -2.25. The van der Waals surface area contributed by atoms with Crippen LogP contribution < -0.4 is 5.32 Å². The van der Waals surface area contributed by atoms with Crippen LogP contribution in [0.15, 0.2) is 30.5 Å². The van der Waals surface area contributed by atoms with E-state index in [4.69, 9.17) is 11.6 Å². The van der Waals surface area contributed by atoms with E-state index >= 15 is 0 Å². The minimum Gasteiger partial charge on any atom is -0.321 e. The van der Waals surface area contributed by atoms with Crippen LogP contribution in [0.4, 0.5) is 10.1 Å². The first kappa shape index (κ1) is 19.1. The summed E-state index contributed by atoms with van der Waals surface area (Å²) < 4.78 is 17.2. The van der Waals surface area contributed by atoms with Crippen molar-refractivity contribution >= 4 is 23.2 Å². The van der Waals surface area contributed by atoms with E-state index in [1.807, 2.05) is 13.8 Å². The average Bonchev–Trinajstić information content (AvgIpc) is 3.10. The molecule has 3 rings (SSSR count). The molecule has 1 atom stereocenters. The predicted octanol–water partition coefficient (Wildman–Crippen LogP) is 4.05. The van der Waals surface area contributed by atoms with Gasteiger partial charge in [0, 0.05) is 5.56 Å². The Morgan fingerprint density at radius 2 is 1.96 bits per heavy atom. The number of anilines is 1. The molecular formula is C19H21ClFN5O. The van der Waals surface area contributed by atoms with Crippen molar-refractivity contribution in [2.24, 2.45) is 0 Å². The van der Waals surface area contributed by atoms with Crippen LogP contribution in [-0.4, -0.2) is 25.5 Å². The summed E-state index contributed by atoms with van der Waals surface area (Å²) in [5.41, 5.74) is 3.31. The number of carbonyl (C=O) groups excluding carboxylic acids is 1. The number of nitrogens with one attached hydrogen (secondary N) is 1. The second-order valence-corrected chi connectivity index (χ2v) is 6.89. The van der Waals surface area contributed by atoms with Gasteiger partial charge in [0.05, 0.1) is 40.5 Å². The van der Waals surface area contributed by atoms with E-state index in [1.165, 1.54) is 12.3 Å². The van der Waals surface area contributed by atoms with Gasteiger partial charge in [-0.3, -0.25) is 14.2 Å². The van der Waals surface area contributed by atoms with Crippen LogP contribution in [0.25, 0.3) is 0 Å². The van der Waals surface area contributed by atoms with Crippen LogP contribution >= 0.6 is 11.6 Å². The predicted molar refractivity (Wildman–Crippen MR) is 103 cm³/mol. The van der Waals surface area contributed by atoms with Crippen molar-refractivity contribution in [2.45, 2.75) is 40.3 Å². The highest BCUT2D eigenvalue weighted by atomic mass is 35.5. The highest BCUT2D eigenvalue weighted by Crippen LogP contribution is 2.24. The minimum atomic E-state index is -0.536. The zero-order valence-electron chi connectivity index (χ0n) is 15.6. The third-order valence-electron chi connectivity index (χ3n) is 4.64. The first-order chi connectivity index (χ1) is 12.8. The van der Waals surface area contributed by atoms with Gasteiger partial charge in [0.1, 0.15) is 11.9 Å². The summed E-state index contributed by atoms with van der Waals surface area (Å²) in [7, 11) is 0. The highest BCUT2D eigenvalue weighted by molar-refractivity contribution is 6.31. The number of halogens is 2. The molecule has 0 spiro atoms. The Labute approximate surface area is 161 Å². The van der Waals surface area contributed by atoms with Crippen LogP contribution in [0.2, 0.25) is 5.02 Å². The molecule has 0 bridgehead atoms. The summed E-state index contributed by atoms with van der Waals surface area (Å²) in [6.45, 7) is 7.50. The lowest BCUT2D eigenvalue weighted by molar-refractivity contribution is -0.119. The Morgan fingerprint density at radius 1 is 1.26 bits per heavy atom. The molecule has 1 aromatic carbocycles. The van der Waals surface area contributed by atoms with Gasteiger partial charge < -0.3 is 5.32 Å². The van der Waals surface area contributed by atoms with Crippen LogP contribution in [0.5, 0.6) is 0 Å². The average molecular weight is 390 g/mol. The molecule has 3 aromatic rings. The van der Waals surface area contributed by atoms with Crippen LogP contribution in [0, 0.1) is 26.6 Å². The number of aromatic nitrogens is 4. The van der Waals surface area contributed by atoms with Crippen LogP contribution in [-0.2, 0) is 11.3 Å². The number of hydrogen-bond acceptors (Lipinski definition) is 3. The summed E-state index contributed by atoms with van der Waals surface area (Å²) in [6, 6.07) is 6.04. The second kappa shape index (κ2) is 7.52. The zero-order chi connectivity index (χ0) is 19.7. The maximum absolute atomic E-state index is 13.9. The van der Waals surface area contributed by atoms with Gasteiger partial charge in [0.15, 0.2) is 0 Å². The lowest BCUT2D eigenvalue weighted by Gasteiger charge is -2.15. The number of aryl methyl sites for hydroxylation is 1. The topological polar surface area (TPSA) is 64.7 Å². The Balaban J connectivity index is 1.81. The molecular weight excluding hydrogens is 369 g/mol. The quantitative estimate of drug-likeness (QED) is 0.716. The van der Waals surface area contributed by atoms with Crippen molar-refractivity contribution in [3.05, 3.63) is 63.9 Å². The van der Waals surface area contributed by atoms with E-state index in [1.54, 1.807) is 41.4 Å². The standard InChI is InChI=1S/C19H21ClFN5O/c1-11-18(23-19(27)14(4)26-12(2)16(20)9-22-26)13(3)25(24-11)10-15-7-5-6-8-17(15)21/h5-9,14H,10H2,1-4H3,(H,23,27). The fraction of sp³-hybridized carbons (Fsp3) is 0.316. The molecule has 2 heterocycles. The number of amides is 1. The molecule has 2 aromatic heterocycles. The summed E-state index contributed by atoms with van der Waals surface area (Å²) in [5.74, 6) is -0.509. The maximum atomic E-state index is 13.9. The largest absolute Gasteiger partial charge is 0.321 e. The third-order valence-corrected chi connectivity index (χ3v) is 5.01. The molecule has 1 unspecified atom stereocenters. The van der Waals surface area contributed by atoms with Crippen molar-refractivity contribution in [1.82, 2.24) is 19.6 Å². The fourth-order valence-electron chi connectivity index (χ4n) is 2.95. The highest BCUT2D eigenvalue weighted by Gasteiger charge is 2.22.